The van der Waals surface area contributed by atoms with Crippen LogP contribution < -0.4 is 10.6 Å². The molecule has 2 saturated heterocycles. The number of guanidine groups is 1. The van der Waals surface area contributed by atoms with Crippen LogP contribution in [0.4, 0.5) is 13.2 Å². The number of allylic oxidation sites excluding steroid dienone is 2. The molecule has 4 rings (SSSR count). The van der Waals surface area contributed by atoms with Crippen LogP contribution in [0, 0.1) is 23.7 Å². The van der Waals surface area contributed by atoms with E-state index in [0.717, 1.165) is 6.42 Å². The molecular weight excluding hydrogens is 399 g/mol. The van der Waals surface area contributed by atoms with Crippen LogP contribution in [0.25, 0.3) is 0 Å². The molecular formula is C20H28F3N5O2. The van der Waals surface area contributed by atoms with E-state index in [9.17, 15) is 22.8 Å². The number of hydrogen-bond acceptors (Lipinski definition) is 4. The molecule has 1 saturated carbocycles. The number of amides is 2. The van der Waals surface area contributed by atoms with Gasteiger partial charge in [-0.2, -0.15) is 13.2 Å². The number of imide groups is 1. The molecule has 166 valence electrons. The maximum atomic E-state index is 12.7. The number of nitrogens with zero attached hydrogens (tertiary/aromatic N) is 3. The summed E-state index contributed by atoms with van der Waals surface area (Å²) in [6, 6.07) is -0.0948. The van der Waals surface area contributed by atoms with Gasteiger partial charge in [0, 0.05) is 39.3 Å². The van der Waals surface area contributed by atoms with Crippen molar-refractivity contribution in [1.29, 1.82) is 0 Å². The second kappa shape index (κ2) is 8.20. The minimum absolute atomic E-state index is 0.0416. The normalized spacial score (nSPS) is 33.7. The van der Waals surface area contributed by atoms with E-state index in [1.165, 1.54) is 9.80 Å². The summed E-state index contributed by atoms with van der Waals surface area (Å²) in [6.45, 7) is 0.698. The summed E-state index contributed by atoms with van der Waals surface area (Å²) in [4.78, 5) is 32.2. The Morgan fingerprint density at radius 2 is 1.87 bits per heavy atom. The van der Waals surface area contributed by atoms with Crippen molar-refractivity contribution < 1.29 is 22.8 Å². The highest BCUT2D eigenvalue weighted by Gasteiger charge is 2.58. The van der Waals surface area contributed by atoms with E-state index in [0.29, 0.717) is 45.0 Å². The topological polar surface area (TPSA) is 77.0 Å². The third-order valence-electron chi connectivity index (χ3n) is 6.65. The van der Waals surface area contributed by atoms with Gasteiger partial charge in [-0.05, 0) is 31.1 Å². The fourth-order valence-electron chi connectivity index (χ4n) is 5.36. The minimum Gasteiger partial charge on any atom is -0.356 e. The van der Waals surface area contributed by atoms with E-state index in [1.807, 2.05) is 0 Å². The fourth-order valence-corrected chi connectivity index (χ4v) is 5.36. The van der Waals surface area contributed by atoms with Crippen LogP contribution >= 0.6 is 0 Å². The van der Waals surface area contributed by atoms with Crippen LogP contribution in [0.5, 0.6) is 0 Å². The third kappa shape index (κ3) is 4.19. The van der Waals surface area contributed by atoms with Gasteiger partial charge in [0.05, 0.1) is 18.4 Å². The van der Waals surface area contributed by atoms with Crippen molar-refractivity contribution >= 4 is 17.8 Å². The Labute approximate surface area is 173 Å². The molecule has 0 radical (unpaired) electrons. The van der Waals surface area contributed by atoms with Crippen molar-refractivity contribution in [3.05, 3.63) is 12.2 Å². The Balaban J connectivity index is 1.18. The highest BCUT2D eigenvalue weighted by molar-refractivity contribution is 6.06. The van der Waals surface area contributed by atoms with Gasteiger partial charge in [-0.15, -0.1) is 0 Å². The van der Waals surface area contributed by atoms with Crippen molar-refractivity contribution in [2.75, 3.05) is 39.8 Å². The first-order chi connectivity index (χ1) is 14.3. The number of carbonyl (C=O) groups excluding carboxylic acids is 2. The predicted molar refractivity (Wildman–Crippen MR) is 104 cm³/mol. The Morgan fingerprint density at radius 1 is 1.20 bits per heavy atom. The molecule has 10 heteroatoms. The lowest BCUT2D eigenvalue weighted by molar-refractivity contribution is -0.144. The molecule has 2 aliphatic heterocycles. The van der Waals surface area contributed by atoms with E-state index < -0.39 is 12.7 Å². The number of alkyl halides is 3. The Bertz CT molecular complexity index is 723. The van der Waals surface area contributed by atoms with Crippen LogP contribution in [0.2, 0.25) is 0 Å². The molecule has 0 aromatic rings. The van der Waals surface area contributed by atoms with Crippen LogP contribution in [0.15, 0.2) is 17.1 Å². The van der Waals surface area contributed by atoms with Crippen LogP contribution in [0.1, 0.15) is 19.3 Å². The van der Waals surface area contributed by atoms with E-state index >= 15 is 0 Å². The molecule has 2 amide bonds. The lowest BCUT2D eigenvalue weighted by Gasteiger charge is -2.20. The van der Waals surface area contributed by atoms with Gasteiger partial charge in [0.25, 0.3) is 0 Å². The molecule has 2 heterocycles. The first-order valence-corrected chi connectivity index (χ1v) is 10.6. The van der Waals surface area contributed by atoms with Crippen molar-refractivity contribution in [2.24, 2.45) is 28.7 Å². The van der Waals surface area contributed by atoms with Crippen LogP contribution in [-0.2, 0) is 9.59 Å². The number of aliphatic imine (C=N–C) groups is 1. The van der Waals surface area contributed by atoms with E-state index in [1.54, 1.807) is 7.05 Å². The Morgan fingerprint density at radius 3 is 2.47 bits per heavy atom. The number of nitrogens with one attached hydrogen (secondary N) is 2. The highest BCUT2D eigenvalue weighted by atomic mass is 19.4. The van der Waals surface area contributed by atoms with Crippen molar-refractivity contribution in [3.63, 3.8) is 0 Å². The van der Waals surface area contributed by atoms with Crippen molar-refractivity contribution in [2.45, 2.75) is 31.5 Å². The van der Waals surface area contributed by atoms with Gasteiger partial charge < -0.3 is 10.6 Å². The van der Waals surface area contributed by atoms with Gasteiger partial charge in [-0.25, -0.2) is 0 Å². The van der Waals surface area contributed by atoms with Crippen LogP contribution in [0.3, 0.4) is 0 Å². The molecule has 4 aliphatic rings. The number of likely N-dealkylation sites (tertiary alicyclic amines) is 2. The molecule has 2 N–H and O–H groups in total. The van der Waals surface area contributed by atoms with E-state index in [-0.39, 0.29) is 41.5 Å². The molecule has 2 bridgehead atoms. The average molecular weight is 427 g/mol. The zero-order valence-electron chi connectivity index (χ0n) is 17.0. The zero-order chi connectivity index (χ0) is 21.5. The van der Waals surface area contributed by atoms with Crippen LogP contribution in [-0.4, -0.2) is 79.6 Å². The Kier molecular flexibility index (Phi) is 5.78. The van der Waals surface area contributed by atoms with E-state index in [2.05, 4.69) is 27.8 Å². The monoisotopic (exact) mass is 427 g/mol. The predicted octanol–water partition coefficient (Wildman–Crippen LogP) is 0.985. The SMILES string of the molecule is CN=C(NCCCN1C(=O)C2C3C=CC(C3)C2C1=O)NC1CCN(CC(F)(F)F)C1. The molecule has 3 fully saturated rings. The number of carbonyl (C=O) groups is 2. The third-order valence-corrected chi connectivity index (χ3v) is 6.65. The molecule has 5 atom stereocenters. The van der Waals surface area contributed by atoms with Gasteiger partial charge in [0.15, 0.2) is 5.96 Å². The highest BCUT2D eigenvalue weighted by Crippen LogP contribution is 2.52. The minimum atomic E-state index is -4.19. The summed E-state index contributed by atoms with van der Waals surface area (Å²) in [5.41, 5.74) is 0. The summed E-state index contributed by atoms with van der Waals surface area (Å²) in [6.07, 6.45) is 2.10. The molecule has 5 unspecified atom stereocenters. The standard InChI is InChI=1S/C20H28F3N5O2/c1-24-19(26-14-5-8-27(10-14)11-20(21,22)23)25-6-2-7-28-17(29)15-12-3-4-13(9-12)16(15)18(28)30/h3-4,12-16H,2,5-11H2,1H3,(H2,24,25,26). The lowest BCUT2D eigenvalue weighted by atomic mass is 9.85. The van der Waals surface area contributed by atoms with Gasteiger partial charge in [0.1, 0.15) is 0 Å². The molecule has 0 aromatic heterocycles. The van der Waals surface area contributed by atoms with Crippen molar-refractivity contribution in [3.8, 4) is 0 Å². The molecule has 30 heavy (non-hydrogen) atoms. The first-order valence-electron chi connectivity index (χ1n) is 10.6. The van der Waals surface area contributed by atoms with Crippen molar-refractivity contribution in [1.82, 2.24) is 20.4 Å². The number of halogens is 3. The van der Waals surface area contributed by atoms with Gasteiger partial charge >= 0.3 is 6.18 Å². The second-order valence-electron chi connectivity index (χ2n) is 8.66. The second-order valence-corrected chi connectivity index (χ2v) is 8.66. The maximum absolute atomic E-state index is 12.7. The fraction of sp³-hybridized carbons (Fsp3) is 0.750. The quantitative estimate of drug-likeness (QED) is 0.217. The average Bonchev–Trinajstić information content (AvgIpc) is 3.43. The molecule has 0 spiro atoms. The summed E-state index contributed by atoms with van der Waals surface area (Å²) >= 11 is 0. The number of fused-ring (bicyclic) bond motifs is 5. The largest absolute Gasteiger partial charge is 0.401 e. The van der Waals surface area contributed by atoms with E-state index in [4.69, 9.17) is 0 Å². The first kappa shape index (κ1) is 21.1. The summed E-state index contributed by atoms with van der Waals surface area (Å²) in [5.74, 6) is 0.526. The lowest BCUT2D eigenvalue weighted by Crippen LogP contribution is -2.46. The molecule has 7 nitrogen and oxygen atoms in total. The van der Waals surface area contributed by atoms with Gasteiger partial charge in [0.2, 0.25) is 11.8 Å². The molecule has 0 aromatic carbocycles. The number of rotatable bonds is 6. The maximum Gasteiger partial charge on any atom is 0.401 e. The Hall–Kier alpha value is -2.10. The summed E-state index contributed by atoms with van der Waals surface area (Å²) < 4.78 is 37.6. The summed E-state index contributed by atoms with van der Waals surface area (Å²) in [5, 5.41) is 6.28. The smallest absolute Gasteiger partial charge is 0.356 e. The van der Waals surface area contributed by atoms with Gasteiger partial charge in [-0.3, -0.25) is 24.4 Å². The van der Waals surface area contributed by atoms with Gasteiger partial charge in [-0.1, -0.05) is 12.2 Å². The number of hydrogen-bond donors (Lipinski definition) is 2. The zero-order valence-corrected chi connectivity index (χ0v) is 17.0. The molecule has 2 aliphatic carbocycles. The summed E-state index contributed by atoms with van der Waals surface area (Å²) in [7, 11) is 1.61.